The highest BCUT2D eigenvalue weighted by molar-refractivity contribution is 5.95. The molecule has 5 rings (SSSR count). The third-order valence-corrected chi connectivity index (χ3v) is 5.59. The largest absolute Gasteiger partial charge is 0.362 e. The number of aromatic nitrogens is 1. The summed E-state index contributed by atoms with van der Waals surface area (Å²) in [6.45, 7) is 0. The molecule has 0 fully saturated rings. The van der Waals surface area contributed by atoms with Crippen LogP contribution in [0.5, 0.6) is 0 Å². The van der Waals surface area contributed by atoms with Gasteiger partial charge >= 0.3 is 0 Å². The van der Waals surface area contributed by atoms with Crippen molar-refractivity contribution in [1.29, 1.82) is 0 Å². The van der Waals surface area contributed by atoms with Gasteiger partial charge in [-0.25, -0.2) is 4.98 Å². The number of rotatable bonds is 5. The van der Waals surface area contributed by atoms with Crippen LogP contribution in [0.4, 0.5) is 22.9 Å². The van der Waals surface area contributed by atoms with Crippen molar-refractivity contribution in [3.63, 3.8) is 0 Å². The molecule has 0 aliphatic carbocycles. The van der Waals surface area contributed by atoms with Crippen molar-refractivity contribution in [1.82, 2.24) is 4.98 Å². The quantitative estimate of drug-likeness (QED) is 0.297. The molecule has 0 atom stereocenters. The van der Waals surface area contributed by atoms with Crippen LogP contribution in [-0.4, -0.2) is 19.1 Å². The van der Waals surface area contributed by atoms with Gasteiger partial charge in [0.05, 0.1) is 5.69 Å². The first-order valence-corrected chi connectivity index (χ1v) is 10.8. The Hall–Kier alpha value is -4.11. The number of para-hydroxylation sites is 2. The van der Waals surface area contributed by atoms with E-state index in [0.717, 1.165) is 39.5 Å². The predicted molar refractivity (Wildman–Crippen MR) is 136 cm³/mol. The fourth-order valence-corrected chi connectivity index (χ4v) is 4.05. The molecule has 5 aromatic rings. The maximum atomic E-state index is 4.97. The number of nitrogens with zero attached hydrogens (tertiary/aromatic N) is 3. The molecule has 32 heavy (non-hydrogen) atoms. The molecule has 0 unspecified atom stereocenters. The van der Waals surface area contributed by atoms with Gasteiger partial charge in [-0.15, -0.1) is 0 Å². The second-order valence-corrected chi connectivity index (χ2v) is 8.00. The van der Waals surface area contributed by atoms with Gasteiger partial charge in [-0.05, 0) is 47.9 Å². The second kappa shape index (κ2) is 8.56. The SMILES string of the molecule is CN(C)c1nc(-c2ccc(N(c3ccccc3)c3ccccc3)cc2)cc2ccccc12. The number of benzene rings is 4. The number of hydrogen-bond acceptors (Lipinski definition) is 3. The van der Waals surface area contributed by atoms with Crippen LogP contribution in [-0.2, 0) is 0 Å². The summed E-state index contributed by atoms with van der Waals surface area (Å²) in [6, 6.07) is 40.1. The van der Waals surface area contributed by atoms with Gasteiger partial charge in [0, 0.05) is 42.1 Å². The van der Waals surface area contributed by atoms with E-state index >= 15 is 0 Å². The first kappa shape index (κ1) is 19.8. The zero-order valence-electron chi connectivity index (χ0n) is 18.3. The van der Waals surface area contributed by atoms with E-state index in [-0.39, 0.29) is 0 Å². The Balaban J connectivity index is 1.58. The summed E-state index contributed by atoms with van der Waals surface area (Å²) >= 11 is 0. The molecule has 3 heteroatoms. The third kappa shape index (κ3) is 3.81. The minimum Gasteiger partial charge on any atom is -0.362 e. The summed E-state index contributed by atoms with van der Waals surface area (Å²) in [5.74, 6) is 0.984. The van der Waals surface area contributed by atoms with Crippen LogP contribution in [0.2, 0.25) is 0 Å². The number of hydrogen-bond donors (Lipinski definition) is 0. The van der Waals surface area contributed by atoms with Crippen molar-refractivity contribution in [2.24, 2.45) is 0 Å². The molecule has 0 aliphatic rings. The smallest absolute Gasteiger partial charge is 0.136 e. The second-order valence-electron chi connectivity index (χ2n) is 8.00. The summed E-state index contributed by atoms with van der Waals surface area (Å²) in [6.07, 6.45) is 0. The molecule has 0 saturated carbocycles. The van der Waals surface area contributed by atoms with Gasteiger partial charge in [-0.3, -0.25) is 0 Å². The lowest BCUT2D eigenvalue weighted by atomic mass is 10.1. The molecule has 156 valence electrons. The predicted octanol–water partition coefficient (Wildman–Crippen LogP) is 7.44. The highest BCUT2D eigenvalue weighted by Crippen LogP contribution is 2.36. The third-order valence-electron chi connectivity index (χ3n) is 5.59. The van der Waals surface area contributed by atoms with Crippen molar-refractivity contribution < 1.29 is 0 Å². The van der Waals surface area contributed by atoms with Gasteiger partial charge in [0.15, 0.2) is 0 Å². The normalized spacial score (nSPS) is 10.8. The highest BCUT2D eigenvalue weighted by Gasteiger charge is 2.13. The van der Waals surface area contributed by atoms with E-state index in [1.807, 2.05) is 26.2 Å². The molecule has 0 bridgehead atoms. The van der Waals surface area contributed by atoms with E-state index in [1.165, 1.54) is 5.39 Å². The average molecular weight is 416 g/mol. The molecular formula is C29H25N3. The van der Waals surface area contributed by atoms with Crippen LogP contribution < -0.4 is 9.80 Å². The molecule has 3 nitrogen and oxygen atoms in total. The molecule has 1 heterocycles. The van der Waals surface area contributed by atoms with Crippen LogP contribution in [0.1, 0.15) is 0 Å². The summed E-state index contributed by atoms with van der Waals surface area (Å²) in [4.78, 5) is 9.32. The topological polar surface area (TPSA) is 19.4 Å². The maximum absolute atomic E-state index is 4.97. The van der Waals surface area contributed by atoms with Gasteiger partial charge in [-0.1, -0.05) is 72.8 Å². The van der Waals surface area contributed by atoms with Gasteiger partial charge < -0.3 is 9.80 Å². The Morgan fingerprint density at radius 1 is 0.562 bits per heavy atom. The van der Waals surface area contributed by atoms with E-state index in [4.69, 9.17) is 4.98 Å². The van der Waals surface area contributed by atoms with Crippen molar-refractivity contribution in [3.8, 4) is 11.3 Å². The zero-order chi connectivity index (χ0) is 21.9. The zero-order valence-corrected chi connectivity index (χ0v) is 18.3. The number of fused-ring (bicyclic) bond motifs is 1. The molecule has 0 amide bonds. The van der Waals surface area contributed by atoms with E-state index < -0.39 is 0 Å². The van der Waals surface area contributed by atoms with Gasteiger partial charge in [0.2, 0.25) is 0 Å². The Labute approximate surface area is 189 Å². The molecular weight excluding hydrogens is 390 g/mol. The van der Waals surface area contributed by atoms with E-state index in [9.17, 15) is 0 Å². The molecule has 0 saturated heterocycles. The fourth-order valence-electron chi connectivity index (χ4n) is 4.05. The fraction of sp³-hybridized carbons (Fsp3) is 0.0690. The van der Waals surface area contributed by atoms with Crippen LogP contribution in [0, 0.1) is 0 Å². The van der Waals surface area contributed by atoms with Gasteiger partial charge in [0.1, 0.15) is 5.82 Å². The maximum Gasteiger partial charge on any atom is 0.136 e. The molecule has 0 aliphatic heterocycles. The molecule has 0 N–H and O–H groups in total. The minimum absolute atomic E-state index is 0.977. The summed E-state index contributed by atoms with van der Waals surface area (Å²) < 4.78 is 0. The lowest BCUT2D eigenvalue weighted by Gasteiger charge is -2.25. The number of pyridine rings is 1. The monoisotopic (exact) mass is 415 g/mol. The van der Waals surface area contributed by atoms with Crippen molar-refractivity contribution >= 4 is 33.7 Å². The summed E-state index contributed by atoms with van der Waals surface area (Å²) in [5, 5.41) is 2.36. The average Bonchev–Trinajstić information content (AvgIpc) is 2.85. The molecule has 0 radical (unpaired) electrons. The summed E-state index contributed by atoms with van der Waals surface area (Å²) in [7, 11) is 4.08. The summed E-state index contributed by atoms with van der Waals surface area (Å²) in [5.41, 5.74) is 5.45. The lowest BCUT2D eigenvalue weighted by Crippen LogP contribution is -2.11. The molecule has 0 spiro atoms. The standard InChI is InChI=1S/C29H25N3/c1-31(2)29-27-16-10-9-11-23(27)21-28(30-29)22-17-19-26(20-18-22)32(24-12-5-3-6-13-24)25-14-7-4-8-15-25/h3-21H,1-2H3. The minimum atomic E-state index is 0.977. The Bertz CT molecular complexity index is 1290. The first-order valence-electron chi connectivity index (χ1n) is 10.8. The Morgan fingerprint density at radius 3 is 1.69 bits per heavy atom. The van der Waals surface area contributed by atoms with Crippen LogP contribution >= 0.6 is 0 Å². The number of anilines is 4. The van der Waals surface area contributed by atoms with E-state index in [0.29, 0.717) is 0 Å². The van der Waals surface area contributed by atoms with Crippen LogP contribution in [0.3, 0.4) is 0 Å². The lowest BCUT2D eigenvalue weighted by molar-refractivity contribution is 1.08. The Morgan fingerprint density at radius 2 is 1.09 bits per heavy atom. The van der Waals surface area contributed by atoms with Gasteiger partial charge in [0.25, 0.3) is 0 Å². The molecule has 1 aromatic heterocycles. The van der Waals surface area contributed by atoms with E-state index in [2.05, 4.69) is 113 Å². The van der Waals surface area contributed by atoms with Crippen molar-refractivity contribution in [2.45, 2.75) is 0 Å². The van der Waals surface area contributed by atoms with Gasteiger partial charge in [-0.2, -0.15) is 0 Å². The Kier molecular flexibility index (Phi) is 5.30. The van der Waals surface area contributed by atoms with Crippen molar-refractivity contribution in [3.05, 3.63) is 115 Å². The van der Waals surface area contributed by atoms with Crippen LogP contribution in [0.15, 0.2) is 115 Å². The highest BCUT2D eigenvalue weighted by atomic mass is 15.1. The van der Waals surface area contributed by atoms with Crippen molar-refractivity contribution in [2.75, 3.05) is 23.9 Å². The van der Waals surface area contributed by atoms with Crippen LogP contribution in [0.25, 0.3) is 22.0 Å². The first-order chi connectivity index (χ1) is 15.7. The molecule has 4 aromatic carbocycles. The van der Waals surface area contributed by atoms with E-state index in [1.54, 1.807) is 0 Å².